The van der Waals surface area contributed by atoms with Gasteiger partial charge in [-0.15, -0.1) is 0 Å². The molecule has 0 aliphatic carbocycles. The summed E-state index contributed by atoms with van der Waals surface area (Å²) in [5.41, 5.74) is 3.56. The Balaban J connectivity index is 4.56. The molecule has 0 saturated carbocycles. The van der Waals surface area contributed by atoms with Gasteiger partial charge in [-0.05, 0) is 52.5 Å². The molecule has 0 radical (unpaired) electrons. The number of allylic oxidation sites excluding steroid dienone is 5. The summed E-state index contributed by atoms with van der Waals surface area (Å²) in [4.78, 5) is 11.3. The van der Waals surface area contributed by atoms with Gasteiger partial charge in [0.2, 0.25) is 0 Å². The van der Waals surface area contributed by atoms with Gasteiger partial charge >= 0.3 is 5.97 Å². The second kappa shape index (κ2) is 8.73. The van der Waals surface area contributed by atoms with Gasteiger partial charge in [-0.1, -0.05) is 30.2 Å². The van der Waals surface area contributed by atoms with Crippen molar-refractivity contribution in [2.75, 3.05) is 6.61 Å². The second-order valence-corrected chi connectivity index (χ2v) is 4.95. The zero-order valence-electron chi connectivity index (χ0n) is 12.5. The molecule has 0 N–H and O–H groups in total. The molecule has 18 heavy (non-hydrogen) atoms. The summed E-state index contributed by atoms with van der Waals surface area (Å²) in [5, 5.41) is 0. The predicted octanol–water partition coefficient (Wildman–Crippen LogP) is 4.43. The average molecular weight is 250 g/mol. The van der Waals surface area contributed by atoms with Gasteiger partial charge in [0.1, 0.15) is 0 Å². The Kier molecular flexibility index (Phi) is 8.10. The first-order valence-electron chi connectivity index (χ1n) is 6.53. The zero-order chi connectivity index (χ0) is 14.1. The molecule has 0 heterocycles. The van der Waals surface area contributed by atoms with Crippen LogP contribution in [0.25, 0.3) is 0 Å². The van der Waals surface area contributed by atoms with Gasteiger partial charge in [0.15, 0.2) is 0 Å². The van der Waals surface area contributed by atoms with Crippen LogP contribution in [0.4, 0.5) is 0 Å². The third-order valence-electron chi connectivity index (χ3n) is 2.74. The molecule has 0 bridgehead atoms. The second-order valence-electron chi connectivity index (χ2n) is 4.95. The fourth-order valence-electron chi connectivity index (χ4n) is 1.51. The van der Waals surface area contributed by atoms with Crippen molar-refractivity contribution < 1.29 is 9.53 Å². The van der Waals surface area contributed by atoms with Crippen LogP contribution in [0.2, 0.25) is 0 Å². The van der Waals surface area contributed by atoms with E-state index in [4.69, 9.17) is 4.74 Å². The van der Waals surface area contributed by atoms with Crippen LogP contribution in [-0.2, 0) is 9.53 Å². The molecule has 0 saturated heterocycles. The van der Waals surface area contributed by atoms with Crippen molar-refractivity contribution in [1.29, 1.82) is 0 Å². The predicted molar refractivity (Wildman–Crippen MR) is 77.4 cm³/mol. The number of carbonyl (C=O) groups excluding carboxylic acids is 1. The first-order chi connectivity index (χ1) is 8.36. The molecular weight excluding hydrogens is 224 g/mol. The van der Waals surface area contributed by atoms with Crippen LogP contribution in [-0.4, -0.2) is 12.6 Å². The molecule has 0 aliphatic heterocycles. The minimum atomic E-state index is -0.268. The van der Waals surface area contributed by atoms with E-state index in [-0.39, 0.29) is 5.97 Å². The van der Waals surface area contributed by atoms with Crippen LogP contribution < -0.4 is 0 Å². The summed E-state index contributed by atoms with van der Waals surface area (Å²) in [6, 6.07) is 0. The van der Waals surface area contributed by atoms with Crippen molar-refractivity contribution in [1.82, 2.24) is 0 Å². The smallest absolute Gasteiger partial charge is 0.330 e. The summed E-state index contributed by atoms with van der Waals surface area (Å²) in [6.45, 7) is 12.7. The molecule has 0 fully saturated rings. The Hall–Kier alpha value is -1.31. The average Bonchev–Trinajstić information content (AvgIpc) is 2.25. The van der Waals surface area contributed by atoms with Crippen molar-refractivity contribution in [3.63, 3.8) is 0 Å². The van der Waals surface area contributed by atoms with E-state index in [1.807, 2.05) is 13.8 Å². The highest BCUT2D eigenvalue weighted by atomic mass is 16.5. The third-order valence-corrected chi connectivity index (χ3v) is 2.74. The molecule has 0 amide bonds. The van der Waals surface area contributed by atoms with Crippen molar-refractivity contribution in [3.8, 4) is 0 Å². The van der Waals surface area contributed by atoms with Crippen LogP contribution in [0.5, 0.6) is 0 Å². The van der Waals surface area contributed by atoms with Gasteiger partial charge in [0.05, 0.1) is 6.61 Å². The molecule has 0 aromatic rings. The normalized spacial score (nSPS) is 14.1. The molecule has 1 atom stereocenters. The third kappa shape index (κ3) is 7.88. The highest BCUT2D eigenvalue weighted by Gasteiger charge is 2.03. The van der Waals surface area contributed by atoms with E-state index in [0.29, 0.717) is 12.5 Å². The maximum atomic E-state index is 11.3. The Morgan fingerprint density at radius 3 is 2.28 bits per heavy atom. The SMILES string of the molecule is CCOC(=O)C=C(C)C=C(C)C(C)CC=C(C)C. The van der Waals surface area contributed by atoms with Gasteiger partial charge < -0.3 is 4.74 Å². The summed E-state index contributed by atoms with van der Waals surface area (Å²) in [5.74, 6) is 0.224. The summed E-state index contributed by atoms with van der Waals surface area (Å²) < 4.78 is 4.88. The largest absolute Gasteiger partial charge is 0.463 e. The maximum absolute atomic E-state index is 11.3. The molecular formula is C16H26O2. The van der Waals surface area contributed by atoms with E-state index in [0.717, 1.165) is 12.0 Å². The van der Waals surface area contributed by atoms with Crippen LogP contribution >= 0.6 is 0 Å². The number of hydrogen-bond acceptors (Lipinski definition) is 2. The molecule has 2 nitrogen and oxygen atoms in total. The van der Waals surface area contributed by atoms with Crippen molar-refractivity contribution >= 4 is 5.97 Å². The van der Waals surface area contributed by atoms with Gasteiger partial charge in [-0.25, -0.2) is 4.79 Å². The summed E-state index contributed by atoms with van der Waals surface area (Å²) in [6.07, 6.45) is 6.88. The molecule has 1 unspecified atom stereocenters. The minimum Gasteiger partial charge on any atom is -0.463 e. The molecule has 0 aromatic carbocycles. The number of ether oxygens (including phenoxy) is 1. The lowest BCUT2D eigenvalue weighted by Gasteiger charge is -2.10. The van der Waals surface area contributed by atoms with Crippen molar-refractivity contribution in [2.45, 2.75) is 48.0 Å². The first kappa shape index (κ1) is 16.7. The molecule has 0 spiro atoms. The van der Waals surface area contributed by atoms with E-state index in [1.165, 1.54) is 11.1 Å². The molecule has 0 aromatic heterocycles. The van der Waals surface area contributed by atoms with Crippen LogP contribution in [0.1, 0.15) is 48.0 Å². The Bertz CT molecular complexity index is 355. The lowest BCUT2D eigenvalue weighted by atomic mass is 9.96. The fraction of sp³-hybridized carbons (Fsp3) is 0.562. The van der Waals surface area contributed by atoms with Crippen molar-refractivity contribution in [3.05, 3.63) is 34.9 Å². The highest BCUT2D eigenvalue weighted by molar-refractivity contribution is 5.83. The molecule has 0 rings (SSSR count). The van der Waals surface area contributed by atoms with Crippen LogP contribution in [0, 0.1) is 5.92 Å². The van der Waals surface area contributed by atoms with Crippen molar-refractivity contribution in [2.24, 2.45) is 5.92 Å². The van der Waals surface area contributed by atoms with E-state index >= 15 is 0 Å². The zero-order valence-corrected chi connectivity index (χ0v) is 12.5. The van der Waals surface area contributed by atoms with Gasteiger partial charge in [0, 0.05) is 6.08 Å². The van der Waals surface area contributed by atoms with Gasteiger partial charge in [-0.2, -0.15) is 0 Å². The number of esters is 1. The number of hydrogen-bond donors (Lipinski definition) is 0. The topological polar surface area (TPSA) is 26.3 Å². The lowest BCUT2D eigenvalue weighted by molar-refractivity contribution is -0.137. The maximum Gasteiger partial charge on any atom is 0.330 e. The summed E-state index contributed by atoms with van der Waals surface area (Å²) in [7, 11) is 0. The number of rotatable bonds is 6. The van der Waals surface area contributed by atoms with Crippen LogP contribution in [0.15, 0.2) is 34.9 Å². The first-order valence-corrected chi connectivity index (χ1v) is 6.53. The van der Waals surface area contributed by atoms with Gasteiger partial charge in [-0.3, -0.25) is 0 Å². The number of carbonyl (C=O) groups is 1. The lowest BCUT2D eigenvalue weighted by Crippen LogP contribution is -2.00. The van der Waals surface area contributed by atoms with Gasteiger partial charge in [0.25, 0.3) is 0 Å². The highest BCUT2D eigenvalue weighted by Crippen LogP contribution is 2.17. The monoisotopic (exact) mass is 250 g/mol. The van der Waals surface area contributed by atoms with Crippen LogP contribution in [0.3, 0.4) is 0 Å². The van der Waals surface area contributed by atoms with E-state index < -0.39 is 0 Å². The Morgan fingerprint density at radius 2 is 1.78 bits per heavy atom. The fourth-order valence-corrected chi connectivity index (χ4v) is 1.51. The quantitative estimate of drug-likeness (QED) is 0.301. The van der Waals surface area contributed by atoms with E-state index in [9.17, 15) is 4.79 Å². The Labute approximate surface area is 111 Å². The Morgan fingerprint density at radius 1 is 1.17 bits per heavy atom. The minimum absolute atomic E-state index is 0.268. The summed E-state index contributed by atoms with van der Waals surface area (Å²) >= 11 is 0. The van der Waals surface area contributed by atoms with E-state index in [1.54, 1.807) is 6.08 Å². The standard InChI is InChI=1S/C16H26O2/c1-7-18-16(17)11-13(4)10-15(6)14(5)9-8-12(2)3/h8,10-11,14H,7,9H2,1-6H3. The molecule has 102 valence electrons. The molecule has 2 heteroatoms. The molecule has 0 aliphatic rings. The van der Waals surface area contributed by atoms with E-state index in [2.05, 4.69) is 39.8 Å².